The average molecular weight is 289 g/mol. The number of rotatable bonds is 5. The summed E-state index contributed by atoms with van der Waals surface area (Å²) in [6.45, 7) is 6.59. The Labute approximate surface area is 123 Å². The molecule has 3 heterocycles. The Balaban J connectivity index is 1.63. The van der Waals surface area contributed by atoms with E-state index in [4.69, 9.17) is 4.74 Å². The Morgan fingerprint density at radius 2 is 2.14 bits per heavy atom. The molecule has 0 atom stereocenters. The first kappa shape index (κ1) is 13.7. The van der Waals surface area contributed by atoms with Gasteiger partial charge in [0.1, 0.15) is 18.5 Å². The number of ether oxygens (including phenoxy) is 1. The summed E-state index contributed by atoms with van der Waals surface area (Å²) in [7, 11) is 0. The van der Waals surface area contributed by atoms with Crippen molar-refractivity contribution in [2.45, 2.75) is 13.5 Å². The number of nitrogens with zero attached hydrogens (tertiary/aromatic N) is 6. The summed E-state index contributed by atoms with van der Waals surface area (Å²) < 4.78 is 7.14. The van der Waals surface area contributed by atoms with Crippen molar-refractivity contribution in [2.24, 2.45) is 0 Å². The van der Waals surface area contributed by atoms with E-state index in [-0.39, 0.29) is 0 Å². The lowest BCUT2D eigenvalue weighted by atomic mass is 10.4. The molecule has 1 aliphatic rings. The minimum absolute atomic E-state index is 0.729. The summed E-state index contributed by atoms with van der Waals surface area (Å²) in [5.41, 5.74) is 0.953. The van der Waals surface area contributed by atoms with E-state index in [1.54, 1.807) is 11.0 Å². The van der Waals surface area contributed by atoms with Crippen LogP contribution < -0.4 is 10.2 Å². The molecule has 0 saturated carbocycles. The number of hydrogen-bond acceptors (Lipinski definition) is 7. The molecule has 1 aliphatic heterocycles. The molecular weight excluding hydrogens is 270 g/mol. The molecule has 112 valence electrons. The highest BCUT2D eigenvalue weighted by Crippen LogP contribution is 2.14. The maximum absolute atomic E-state index is 5.36. The highest BCUT2D eigenvalue weighted by molar-refractivity contribution is 5.43. The third-order valence-electron chi connectivity index (χ3n) is 3.25. The van der Waals surface area contributed by atoms with Crippen LogP contribution in [0.25, 0.3) is 0 Å². The molecule has 8 heteroatoms. The molecule has 2 aromatic heterocycles. The maximum atomic E-state index is 5.36. The summed E-state index contributed by atoms with van der Waals surface area (Å²) in [4.78, 5) is 15.2. The zero-order valence-electron chi connectivity index (χ0n) is 12.1. The predicted octanol–water partition coefficient (Wildman–Crippen LogP) is 0.325. The first-order chi connectivity index (χ1) is 10.3. The van der Waals surface area contributed by atoms with Gasteiger partial charge in [-0.3, -0.25) is 4.68 Å². The lowest BCUT2D eigenvalue weighted by Crippen LogP contribution is -2.37. The quantitative estimate of drug-likeness (QED) is 0.849. The molecule has 2 aromatic rings. The van der Waals surface area contributed by atoms with Gasteiger partial charge in [0.05, 0.1) is 19.8 Å². The molecule has 0 bridgehead atoms. The van der Waals surface area contributed by atoms with Crippen molar-refractivity contribution >= 4 is 11.8 Å². The van der Waals surface area contributed by atoms with Crippen molar-refractivity contribution in [1.82, 2.24) is 24.7 Å². The fraction of sp³-hybridized carbons (Fsp3) is 0.538. The molecule has 1 saturated heterocycles. The van der Waals surface area contributed by atoms with E-state index in [0.29, 0.717) is 0 Å². The summed E-state index contributed by atoms with van der Waals surface area (Å²) in [5.74, 6) is 1.60. The zero-order valence-corrected chi connectivity index (χ0v) is 12.1. The Morgan fingerprint density at radius 3 is 2.90 bits per heavy atom. The van der Waals surface area contributed by atoms with E-state index in [1.807, 2.05) is 13.0 Å². The van der Waals surface area contributed by atoms with Crippen molar-refractivity contribution < 1.29 is 4.74 Å². The molecule has 0 radical (unpaired) electrons. The van der Waals surface area contributed by atoms with Crippen molar-refractivity contribution in [1.29, 1.82) is 0 Å². The van der Waals surface area contributed by atoms with Gasteiger partial charge < -0.3 is 15.0 Å². The second kappa shape index (κ2) is 6.49. The second-order valence-corrected chi connectivity index (χ2v) is 4.88. The topological polar surface area (TPSA) is 81.0 Å². The highest BCUT2D eigenvalue weighted by atomic mass is 16.5. The molecule has 0 aliphatic carbocycles. The van der Waals surface area contributed by atoms with Crippen LogP contribution in [0, 0.1) is 6.92 Å². The predicted molar refractivity (Wildman–Crippen MR) is 78.3 cm³/mol. The number of hydrogen-bond donors (Lipinski definition) is 1. The Bertz CT molecular complexity index is 566. The largest absolute Gasteiger partial charge is 0.378 e. The molecule has 1 N–H and O–H groups in total. The maximum Gasteiger partial charge on any atom is 0.227 e. The molecule has 21 heavy (non-hydrogen) atoms. The minimum atomic E-state index is 0.729. The molecule has 1 fully saturated rings. The average Bonchev–Trinajstić information content (AvgIpc) is 3.01. The molecule has 0 amide bonds. The third-order valence-corrected chi connectivity index (χ3v) is 3.25. The summed E-state index contributed by atoms with van der Waals surface area (Å²) in [6.07, 6.45) is 3.23. The van der Waals surface area contributed by atoms with Crippen molar-refractivity contribution in [3.8, 4) is 0 Å². The van der Waals surface area contributed by atoms with Gasteiger partial charge in [-0.25, -0.2) is 9.97 Å². The molecule has 0 spiro atoms. The van der Waals surface area contributed by atoms with Crippen LogP contribution in [-0.2, 0) is 11.3 Å². The molecular formula is C13H19N7O. The second-order valence-electron chi connectivity index (χ2n) is 4.88. The van der Waals surface area contributed by atoms with Crippen molar-refractivity contribution in [3.05, 3.63) is 24.4 Å². The van der Waals surface area contributed by atoms with E-state index < -0.39 is 0 Å². The van der Waals surface area contributed by atoms with Gasteiger partial charge in [0.15, 0.2) is 0 Å². The fourth-order valence-electron chi connectivity index (χ4n) is 2.19. The van der Waals surface area contributed by atoms with Gasteiger partial charge in [-0.2, -0.15) is 10.1 Å². The van der Waals surface area contributed by atoms with E-state index >= 15 is 0 Å². The van der Waals surface area contributed by atoms with Gasteiger partial charge in [-0.15, -0.1) is 0 Å². The Hall–Kier alpha value is -2.22. The summed E-state index contributed by atoms with van der Waals surface area (Å²) >= 11 is 0. The molecule has 0 aromatic carbocycles. The van der Waals surface area contributed by atoms with Crippen LogP contribution in [0.15, 0.2) is 18.7 Å². The monoisotopic (exact) mass is 289 g/mol. The van der Waals surface area contributed by atoms with Gasteiger partial charge in [0.25, 0.3) is 0 Å². The SMILES string of the molecule is Cc1cc(NCCn2cncn2)nc(N2CCOCC2)n1. The number of morpholine rings is 1. The summed E-state index contributed by atoms with van der Waals surface area (Å²) in [5, 5.41) is 7.37. The van der Waals surface area contributed by atoms with E-state index in [0.717, 1.165) is 56.9 Å². The zero-order chi connectivity index (χ0) is 14.5. The van der Waals surface area contributed by atoms with Crippen LogP contribution in [0.2, 0.25) is 0 Å². The van der Waals surface area contributed by atoms with Gasteiger partial charge in [0, 0.05) is 31.4 Å². The summed E-state index contributed by atoms with van der Waals surface area (Å²) in [6, 6.07) is 1.95. The van der Waals surface area contributed by atoms with E-state index in [9.17, 15) is 0 Å². The van der Waals surface area contributed by atoms with Crippen molar-refractivity contribution in [3.63, 3.8) is 0 Å². The standard InChI is InChI=1S/C13H19N7O/c1-11-8-12(15-2-3-20-10-14-9-16-20)18-13(17-11)19-4-6-21-7-5-19/h8-10H,2-7H2,1H3,(H,15,17,18). The van der Waals surface area contributed by atoms with Gasteiger partial charge in [-0.05, 0) is 6.92 Å². The molecule has 3 rings (SSSR count). The van der Waals surface area contributed by atoms with Crippen LogP contribution in [0.4, 0.5) is 11.8 Å². The lowest BCUT2D eigenvalue weighted by molar-refractivity contribution is 0.122. The molecule has 0 unspecified atom stereocenters. The normalized spacial score (nSPS) is 15.2. The highest BCUT2D eigenvalue weighted by Gasteiger charge is 2.14. The smallest absolute Gasteiger partial charge is 0.227 e. The van der Waals surface area contributed by atoms with Crippen LogP contribution in [0.3, 0.4) is 0 Å². The number of nitrogens with one attached hydrogen (secondary N) is 1. The van der Waals surface area contributed by atoms with E-state index in [1.165, 1.54) is 6.33 Å². The van der Waals surface area contributed by atoms with Crippen LogP contribution in [-0.4, -0.2) is 57.6 Å². The number of aryl methyl sites for hydroxylation is 1. The van der Waals surface area contributed by atoms with Gasteiger partial charge in [0.2, 0.25) is 5.95 Å². The first-order valence-corrected chi connectivity index (χ1v) is 7.06. The van der Waals surface area contributed by atoms with Crippen molar-refractivity contribution in [2.75, 3.05) is 43.1 Å². The third kappa shape index (κ3) is 3.66. The van der Waals surface area contributed by atoms with Crippen LogP contribution >= 0.6 is 0 Å². The van der Waals surface area contributed by atoms with Gasteiger partial charge in [-0.1, -0.05) is 0 Å². The fourth-order valence-corrected chi connectivity index (χ4v) is 2.19. The number of anilines is 2. The van der Waals surface area contributed by atoms with Gasteiger partial charge >= 0.3 is 0 Å². The van der Waals surface area contributed by atoms with E-state index in [2.05, 4.69) is 30.3 Å². The van der Waals surface area contributed by atoms with Crippen LogP contribution in [0.1, 0.15) is 5.69 Å². The van der Waals surface area contributed by atoms with Crippen LogP contribution in [0.5, 0.6) is 0 Å². The first-order valence-electron chi connectivity index (χ1n) is 7.06. The lowest BCUT2D eigenvalue weighted by Gasteiger charge is -2.27. The molecule has 8 nitrogen and oxygen atoms in total. The number of aromatic nitrogens is 5. The Kier molecular flexibility index (Phi) is 4.25. The Morgan fingerprint density at radius 1 is 1.29 bits per heavy atom. The minimum Gasteiger partial charge on any atom is -0.378 e.